The van der Waals surface area contributed by atoms with Gasteiger partial charge in [-0.3, -0.25) is 8.51 Å². The second-order valence-electron chi connectivity index (χ2n) is 5.54. The van der Waals surface area contributed by atoms with Crippen LogP contribution in [0.4, 0.5) is 11.4 Å². The number of benzene rings is 2. The number of aryl methyl sites for hydroxylation is 1. The fourth-order valence-corrected chi connectivity index (χ4v) is 4.05. The highest BCUT2D eigenvalue weighted by Gasteiger charge is 2.23. The Morgan fingerprint density at radius 2 is 1.74 bits per heavy atom. The van der Waals surface area contributed by atoms with Crippen LogP contribution in [0, 0.1) is 18.8 Å². The molecule has 1 atom stereocenters. The summed E-state index contributed by atoms with van der Waals surface area (Å²) in [5.74, 6) is 4.67. The van der Waals surface area contributed by atoms with E-state index in [1.165, 1.54) is 6.07 Å². The third-order valence-corrected chi connectivity index (χ3v) is 5.43. The maximum Gasteiger partial charge on any atom is 0.348 e. The van der Waals surface area contributed by atoms with E-state index in [1.807, 2.05) is 30.3 Å². The summed E-state index contributed by atoms with van der Waals surface area (Å²) >= 11 is -1.75. The molecule has 0 aliphatic carbocycles. The molecule has 1 aromatic heterocycles. The second-order valence-corrected chi connectivity index (χ2v) is 7.40. The molecule has 0 amide bonds. The lowest BCUT2D eigenvalue weighted by molar-refractivity contribution is 0.0703. The van der Waals surface area contributed by atoms with E-state index in [9.17, 15) is 18.7 Å². The largest absolute Gasteiger partial charge is 0.755 e. The van der Waals surface area contributed by atoms with E-state index in [-0.39, 0.29) is 10.6 Å². The van der Waals surface area contributed by atoms with Crippen LogP contribution in [0.3, 0.4) is 0 Å². The molecular weight excluding hydrogens is 382 g/mol. The topological polar surface area (TPSA) is 80.7 Å². The van der Waals surface area contributed by atoms with Crippen molar-refractivity contribution in [2.24, 2.45) is 0 Å². The minimum absolute atomic E-state index is 0.0764. The van der Waals surface area contributed by atoms with Gasteiger partial charge in [0.1, 0.15) is 4.88 Å². The Bertz CT molecular complexity index is 1060. The van der Waals surface area contributed by atoms with Gasteiger partial charge >= 0.3 is 5.97 Å². The molecule has 0 fully saturated rings. The molecule has 5 nitrogen and oxygen atoms in total. The molecule has 0 radical (unpaired) electrons. The summed E-state index contributed by atoms with van der Waals surface area (Å²) in [6.45, 7) is 1.76. The quantitative estimate of drug-likeness (QED) is 0.532. The minimum Gasteiger partial charge on any atom is -0.755 e. The van der Waals surface area contributed by atoms with Gasteiger partial charge in [0.05, 0.1) is 27.5 Å². The summed E-state index contributed by atoms with van der Waals surface area (Å²) in [5, 5.41) is 9.55. The molecule has 136 valence electrons. The molecule has 0 spiro atoms. The highest BCUT2D eigenvalue weighted by atomic mass is 32.2. The predicted octanol–water partition coefficient (Wildman–Crippen LogP) is 4.09. The molecule has 1 unspecified atom stereocenters. The SMILES string of the molecule is Cc1ccccc1N(c1cc(C#Cc2ccccc2)sc1C(=O)O)S(=O)[O-]. The summed E-state index contributed by atoms with van der Waals surface area (Å²) in [6, 6.07) is 17.6. The van der Waals surface area contributed by atoms with Gasteiger partial charge in [-0.1, -0.05) is 48.2 Å². The van der Waals surface area contributed by atoms with Gasteiger partial charge in [0.25, 0.3) is 0 Å². The number of thiophene rings is 1. The van der Waals surface area contributed by atoms with Gasteiger partial charge in [0.15, 0.2) is 0 Å². The Morgan fingerprint density at radius 1 is 1.07 bits per heavy atom. The summed E-state index contributed by atoms with van der Waals surface area (Å²) in [6.07, 6.45) is 0. The van der Waals surface area contributed by atoms with Crippen LogP contribution in [-0.2, 0) is 11.3 Å². The number of rotatable bonds is 4. The zero-order valence-corrected chi connectivity index (χ0v) is 15.8. The monoisotopic (exact) mass is 396 g/mol. The summed E-state index contributed by atoms with van der Waals surface area (Å²) in [5.41, 5.74) is 1.97. The predicted molar refractivity (Wildman–Crippen MR) is 106 cm³/mol. The number of aromatic carboxylic acids is 1. The normalized spacial score (nSPS) is 11.3. The fraction of sp³-hybridized carbons (Fsp3) is 0.0500. The van der Waals surface area contributed by atoms with Crippen LogP contribution in [0.5, 0.6) is 0 Å². The lowest BCUT2D eigenvalue weighted by atomic mass is 10.2. The number of hydrogen-bond acceptors (Lipinski definition) is 4. The second kappa shape index (κ2) is 8.18. The van der Waals surface area contributed by atoms with Crippen LogP contribution < -0.4 is 4.31 Å². The first-order chi connectivity index (χ1) is 13.0. The molecule has 3 aromatic rings. The van der Waals surface area contributed by atoms with Gasteiger partial charge in [0.2, 0.25) is 0 Å². The van der Waals surface area contributed by atoms with E-state index in [4.69, 9.17) is 0 Å². The maximum absolute atomic E-state index is 11.9. The summed E-state index contributed by atoms with van der Waals surface area (Å²) < 4.78 is 24.8. The number of para-hydroxylation sites is 1. The Kier molecular flexibility index (Phi) is 5.72. The van der Waals surface area contributed by atoms with E-state index in [2.05, 4.69) is 11.8 Å². The Morgan fingerprint density at radius 3 is 2.37 bits per heavy atom. The van der Waals surface area contributed by atoms with Crippen molar-refractivity contribution >= 4 is 39.9 Å². The number of carbonyl (C=O) groups is 1. The molecule has 0 bridgehead atoms. The molecular formula is C20H14NO4S2-. The van der Waals surface area contributed by atoms with E-state index < -0.39 is 17.2 Å². The van der Waals surface area contributed by atoms with E-state index in [0.29, 0.717) is 16.1 Å². The van der Waals surface area contributed by atoms with Crippen molar-refractivity contribution in [1.82, 2.24) is 0 Å². The number of carboxylic acid groups (broad SMARTS) is 1. The van der Waals surface area contributed by atoms with Crippen LogP contribution in [0.25, 0.3) is 0 Å². The first kappa shape index (κ1) is 18.9. The lowest BCUT2D eigenvalue weighted by Gasteiger charge is -2.27. The van der Waals surface area contributed by atoms with E-state index in [1.54, 1.807) is 31.2 Å². The van der Waals surface area contributed by atoms with E-state index in [0.717, 1.165) is 21.2 Å². The van der Waals surface area contributed by atoms with Crippen molar-refractivity contribution < 1.29 is 18.7 Å². The molecule has 0 saturated carbocycles. The van der Waals surface area contributed by atoms with Crippen molar-refractivity contribution in [2.75, 3.05) is 4.31 Å². The lowest BCUT2D eigenvalue weighted by Crippen LogP contribution is -2.21. The molecule has 3 rings (SSSR count). The smallest absolute Gasteiger partial charge is 0.348 e. The molecule has 7 heteroatoms. The average Bonchev–Trinajstić information content (AvgIpc) is 3.06. The fourth-order valence-electron chi connectivity index (χ4n) is 2.48. The van der Waals surface area contributed by atoms with Crippen molar-refractivity contribution in [3.63, 3.8) is 0 Å². The first-order valence-electron chi connectivity index (χ1n) is 7.86. The molecule has 2 aromatic carbocycles. The number of carboxylic acids is 1. The summed E-state index contributed by atoms with van der Waals surface area (Å²) in [7, 11) is 0. The number of hydrogen-bond donors (Lipinski definition) is 1. The number of anilines is 2. The van der Waals surface area contributed by atoms with Gasteiger partial charge in [-0.15, -0.1) is 11.3 Å². The zero-order chi connectivity index (χ0) is 19.4. The Balaban J connectivity index is 2.10. The van der Waals surface area contributed by atoms with Crippen LogP contribution in [0.15, 0.2) is 60.7 Å². The third-order valence-electron chi connectivity index (χ3n) is 3.71. The van der Waals surface area contributed by atoms with E-state index >= 15 is 0 Å². The van der Waals surface area contributed by atoms with Gasteiger partial charge in [-0.25, -0.2) is 4.79 Å². The molecule has 27 heavy (non-hydrogen) atoms. The first-order valence-corrected chi connectivity index (χ1v) is 9.71. The van der Waals surface area contributed by atoms with Crippen molar-refractivity contribution in [1.29, 1.82) is 0 Å². The highest BCUT2D eigenvalue weighted by Crippen LogP contribution is 2.37. The third kappa shape index (κ3) is 4.26. The van der Waals surface area contributed by atoms with Crippen LogP contribution in [0.2, 0.25) is 0 Å². The minimum atomic E-state index is -2.69. The van der Waals surface area contributed by atoms with Crippen LogP contribution in [0.1, 0.15) is 25.7 Å². The molecule has 0 aliphatic heterocycles. The van der Waals surface area contributed by atoms with Crippen molar-refractivity contribution in [3.05, 3.63) is 81.5 Å². The molecule has 0 aliphatic rings. The maximum atomic E-state index is 11.9. The molecule has 0 saturated heterocycles. The van der Waals surface area contributed by atoms with Crippen LogP contribution in [-0.4, -0.2) is 19.8 Å². The van der Waals surface area contributed by atoms with Crippen molar-refractivity contribution in [3.8, 4) is 11.8 Å². The molecule has 1 heterocycles. The standard InChI is InChI=1S/C20H15NO4S2/c1-14-7-5-6-10-17(14)21(27(24)25)18-13-16(26-19(18)20(22)23)12-11-15-8-3-2-4-9-15/h2-10,13H,1H3,(H,22,23)(H,24,25)/p-1. The van der Waals surface area contributed by atoms with Gasteiger partial charge in [0, 0.05) is 5.56 Å². The van der Waals surface area contributed by atoms with Crippen LogP contribution >= 0.6 is 11.3 Å². The van der Waals surface area contributed by atoms with Crippen molar-refractivity contribution in [2.45, 2.75) is 6.92 Å². The van der Waals surface area contributed by atoms with Gasteiger partial charge in [-0.2, -0.15) is 0 Å². The number of nitrogens with zero attached hydrogens (tertiary/aromatic N) is 1. The Labute approximate surface area is 163 Å². The summed E-state index contributed by atoms with van der Waals surface area (Å²) in [4.78, 5) is 12.1. The molecule has 1 N–H and O–H groups in total. The van der Waals surface area contributed by atoms with Gasteiger partial charge < -0.3 is 9.66 Å². The Hall–Kier alpha value is -2.92. The highest BCUT2D eigenvalue weighted by molar-refractivity contribution is 7.81. The average molecular weight is 396 g/mol. The zero-order valence-electron chi connectivity index (χ0n) is 14.2. The van der Waals surface area contributed by atoms with Gasteiger partial charge in [-0.05, 0) is 36.8 Å².